The van der Waals surface area contributed by atoms with Crippen LogP contribution in [0, 0.1) is 11.5 Å². The van der Waals surface area contributed by atoms with E-state index in [4.69, 9.17) is 5.26 Å². The van der Waals surface area contributed by atoms with Crippen molar-refractivity contribution in [2.24, 2.45) is 4.99 Å². The molecule has 66 valence electrons. The molecule has 0 radical (unpaired) electrons. The number of nitrogens with one attached hydrogen (secondary N) is 2. The highest BCUT2D eigenvalue weighted by molar-refractivity contribution is 5.81. The maximum Gasteiger partial charge on any atom is 0.207 e. The van der Waals surface area contributed by atoms with Crippen LogP contribution in [0.25, 0.3) is 0 Å². The lowest BCUT2D eigenvalue weighted by Gasteiger charge is -2.25. The van der Waals surface area contributed by atoms with Crippen LogP contribution in [-0.2, 0) is 0 Å². The van der Waals surface area contributed by atoms with Gasteiger partial charge in [0.25, 0.3) is 0 Å². The number of aliphatic imine (C=N–C) groups is 1. The third kappa shape index (κ3) is 2.40. The molecule has 0 amide bonds. The van der Waals surface area contributed by atoms with Gasteiger partial charge in [0.1, 0.15) is 0 Å². The molecule has 12 heavy (non-hydrogen) atoms. The molecule has 0 unspecified atom stereocenters. The van der Waals surface area contributed by atoms with E-state index in [-0.39, 0.29) is 0 Å². The molecule has 1 aliphatic heterocycles. The van der Waals surface area contributed by atoms with E-state index in [0.717, 1.165) is 19.6 Å². The summed E-state index contributed by atoms with van der Waals surface area (Å²) in [5, 5.41) is 13.8. The van der Waals surface area contributed by atoms with Crippen molar-refractivity contribution in [1.29, 1.82) is 5.26 Å². The Morgan fingerprint density at radius 2 is 2.67 bits per heavy atom. The number of hydrogen-bond acceptors (Lipinski definition) is 5. The second-order valence-electron chi connectivity index (χ2n) is 2.61. The number of rotatable bonds is 2. The first-order valence-corrected chi connectivity index (χ1v) is 4.02. The fraction of sp³-hybridized carbons (Fsp3) is 0.714. The zero-order valence-corrected chi connectivity index (χ0v) is 7.17. The minimum absolute atomic E-state index is 0.574. The van der Waals surface area contributed by atoms with Crippen molar-refractivity contribution < 1.29 is 0 Å². The molecular formula is C7H13N5. The zero-order valence-electron chi connectivity index (χ0n) is 7.17. The third-order valence-corrected chi connectivity index (χ3v) is 1.61. The maximum atomic E-state index is 8.29. The molecule has 0 aromatic carbocycles. The van der Waals surface area contributed by atoms with Crippen LogP contribution in [0.1, 0.15) is 13.3 Å². The summed E-state index contributed by atoms with van der Waals surface area (Å²) in [6, 6.07) is 0. The van der Waals surface area contributed by atoms with Crippen molar-refractivity contribution in [2.45, 2.75) is 13.3 Å². The van der Waals surface area contributed by atoms with Gasteiger partial charge in [0.2, 0.25) is 5.96 Å². The largest absolute Gasteiger partial charge is 0.343 e. The Labute approximate surface area is 72.1 Å². The summed E-state index contributed by atoms with van der Waals surface area (Å²) >= 11 is 0. The summed E-state index contributed by atoms with van der Waals surface area (Å²) in [5.74, 6) is 0.574. The molecule has 0 fully saturated rings. The molecule has 2 N–H and O–H groups in total. The van der Waals surface area contributed by atoms with Crippen LogP contribution in [0.5, 0.6) is 0 Å². The topological polar surface area (TPSA) is 63.5 Å². The van der Waals surface area contributed by atoms with Crippen molar-refractivity contribution in [2.75, 3.05) is 19.9 Å². The van der Waals surface area contributed by atoms with Gasteiger partial charge in [-0.25, -0.2) is 4.99 Å². The highest BCUT2D eigenvalue weighted by Gasteiger charge is 2.09. The molecule has 0 saturated heterocycles. The highest BCUT2D eigenvalue weighted by atomic mass is 15.4. The number of hydrogen-bond donors (Lipinski definition) is 2. The molecule has 0 aromatic rings. The average Bonchev–Trinajstić information content (AvgIpc) is 2.09. The van der Waals surface area contributed by atoms with Gasteiger partial charge in [-0.05, 0) is 6.42 Å². The lowest BCUT2D eigenvalue weighted by atomic mass is 10.4. The molecular weight excluding hydrogens is 154 g/mol. The first kappa shape index (κ1) is 8.81. The van der Waals surface area contributed by atoms with Gasteiger partial charge in [-0.1, -0.05) is 6.92 Å². The molecule has 0 aromatic heterocycles. The Morgan fingerprint density at radius 1 is 1.83 bits per heavy atom. The number of nitrogens with zero attached hydrogens (tertiary/aromatic N) is 3. The van der Waals surface area contributed by atoms with Gasteiger partial charge in [0, 0.05) is 6.54 Å². The van der Waals surface area contributed by atoms with Gasteiger partial charge in [-0.2, -0.15) is 5.26 Å². The van der Waals surface area contributed by atoms with Gasteiger partial charge in [0.05, 0.1) is 13.3 Å². The fourth-order valence-electron chi connectivity index (χ4n) is 1.07. The second-order valence-corrected chi connectivity index (χ2v) is 2.61. The molecule has 0 bridgehead atoms. The quantitative estimate of drug-likeness (QED) is 0.435. The summed E-state index contributed by atoms with van der Waals surface area (Å²) < 4.78 is 0. The van der Waals surface area contributed by atoms with E-state index in [1.54, 1.807) is 0 Å². The molecule has 0 spiro atoms. The molecule has 0 saturated carbocycles. The monoisotopic (exact) mass is 167 g/mol. The van der Waals surface area contributed by atoms with E-state index in [1.165, 1.54) is 0 Å². The Balaban J connectivity index is 2.32. The summed E-state index contributed by atoms with van der Waals surface area (Å²) in [4.78, 5) is 6.29. The van der Waals surface area contributed by atoms with Crippen molar-refractivity contribution >= 4 is 5.96 Å². The van der Waals surface area contributed by atoms with Crippen LogP contribution < -0.4 is 10.6 Å². The van der Waals surface area contributed by atoms with Crippen molar-refractivity contribution in [3.05, 3.63) is 0 Å². The van der Waals surface area contributed by atoms with E-state index >= 15 is 0 Å². The summed E-state index contributed by atoms with van der Waals surface area (Å²) in [6.45, 7) is 4.61. The Bertz CT molecular complexity index is 204. The third-order valence-electron chi connectivity index (χ3n) is 1.61. The molecule has 1 aliphatic rings. The molecule has 5 heteroatoms. The summed E-state index contributed by atoms with van der Waals surface area (Å²) in [5.41, 5.74) is 0. The lowest BCUT2D eigenvalue weighted by molar-refractivity contribution is 0.264. The highest BCUT2D eigenvalue weighted by Crippen LogP contribution is 1.93. The Morgan fingerprint density at radius 3 is 3.17 bits per heavy atom. The van der Waals surface area contributed by atoms with Gasteiger partial charge in [0.15, 0.2) is 6.19 Å². The molecule has 1 heterocycles. The SMILES string of the molecule is CCCN1CN=C(NC#N)NC1. The van der Waals surface area contributed by atoms with Crippen molar-refractivity contribution in [1.82, 2.24) is 15.5 Å². The van der Waals surface area contributed by atoms with E-state index in [9.17, 15) is 0 Å². The minimum atomic E-state index is 0.574. The zero-order chi connectivity index (χ0) is 8.81. The predicted molar refractivity (Wildman–Crippen MR) is 46.1 cm³/mol. The normalized spacial score (nSPS) is 17.5. The molecule has 0 atom stereocenters. The smallest absolute Gasteiger partial charge is 0.207 e. The van der Waals surface area contributed by atoms with Gasteiger partial charge in [-0.15, -0.1) is 0 Å². The van der Waals surface area contributed by atoms with Gasteiger partial charge < -0.3 is 5.32 Å². The van der Waals surface area contributed by atoms with Crippen LogP contribution >= 0.6 is 0 Å². The van der Waals surface area contributed by atoms with E-state index < -0.39 is 0 Å². The van der Waals surface area contributed by atoms with E-state index in [1.807, 2.05) is 6.19 Å². The fourth-order valence-corrected chi connectivity index (χ4v) is 1.07. The first-order valence-electron chi connectivity index (χ1n) is 4.02. The lowest BCUT2D eigenvalue weighted by Crippen LogP contribution is -2.47. The number of guanidine groups is 1. The first-order chi connectivity index (χ1) is 5.86. The Hall–Kier alpha value is -1.28. The van der Waals surface area contributed by atoms with Crippen LogP contribution in [0.15, 0.2) is 4.99 Å². The summed E-state index contributed by atoms with van der Waals surface area (Å²) in [7, 11) is 0. The maximum absolute atomic E-state index is 8.29. The average molecular weight is 167 g/mol. The molecule has 5 nitrogen and oxygen atoms in total. The van der Waals surface area contributed by atoms with E-state index in [2.05, 4.69) is 27.4 Å². The number of nitriles is 1. The van der Waals surface area contributed by atoms with Crippen molar-refractivity contribution in [3.8, 4) is 6.19 Å². The minimum Gasteiger partial charge on any atom is -0.343 e. The predicted octanol–water partition coefficient (Wildman–Crippen LogP) is -0.357. The van der Waals surface area contributed by atoms with Crippen molar-refractivity contribution in [3.63, 3.8) is 0 Å². The standard InChI is InChI=1S/C7H13N5/c1-2-3-12-5-10-7(9-4-8)11-6-12/h2-3,5-6H2,1H3,(H2,9,10,11). The van der Waals surface area contributed by atoms with Gasteiger partial charge >= 0.3 is 0 Å². The van der Waals surface area contributed by atoms with Crippen LogP contribution in [-0.4, -0.2) is 30.7 Å². The Kier molecular flexibility index (Phi) is 3.35. The molecule has 1 rings (SSSR count). The summed E-state index contributed by atoms with van der Waals surface area (Å²) in [6.07, 6.45) is 2.95. The van der Waals surface area contributed by atoms with Crippen LogP contribution in [0.4, 0.5) is 0 Å². The second kappa shape index (κ2) is 4.57. The van der Waals surface area contributed by atoms with Crippen LogP contribution in [0.2, 0.25) is 0 Å². The van der Waals surface area contributed by atoms with Crippen LogP contribution in [0.3, 0.4) is 0 Å². The van der Waals surface area contributed by atoms with E-state index in [0.29, 0.717) is 12.6 Å². The molecule has 0 aliphatic carbocycles. The van der Waals surface area contributed by atoms with Gasteiger partial charge in [-0.3, -0.25) is 10.2 Å².